The Morgan fingerprint density at radius 1 is 1.19 bits per heavy atom. The van der Waals surface area contributed by atoms with E-state index in [1.54, 1.807) is 25.2 Å². The first-order valence-corrected chi connectivity index (χ1v) is 6.90. The zero-order valence-electron chi connectivity index (χ0n) is 12.5. The number of hydrogen-bond acceptors (Lipinski definition) is 3. The van der Waals surface area contributed by atoms with Gasteiger partial charge in [-0.3, -0.25) is 4.79 Å². The van der Waals surface area contributed by atoms with Crippen LogP contribution in [0.25, 0.3) is 0 Å². The van der Waals surface area contributed by atoms with Crippen molar-refractivity contribution >= 4 is 11.6 Å². The summed E-state index contributed by atoms with van der Waals surface area (Å²) in [5.74, 6) is 1.35. The average Bonchev–Trinajstić information content (AvgIpc) is 2.47. The summed E-state index contributed by atoms with van der Waals surface area (Å²) in [6, 6.07) is 12.8. The second-order valence-corrected chi connectivity index (χ2v) is 5.16. The van der Waals surface area contributed by atoms with Gasteiger partial charge in [-0.15, -0.1) is 0 Å². The average molecular weight is 284 g/mol. The van der Waals surface area contributed by atoms with E-state index in [9.17, 15) is 4.79 Å². The smallest absolute Gasteiger partial charge is 0.254 e. The first-order valence-electron chi connectivity index (χ1n) is 6.90. The Balaban J connectivity index is 2.36. The maximum absolute atomic E-state index is 11.9. The Morgan fingerprint density at radius 3 is 2.62 bits per heavy atom. The van der Waals surface area contributed by atoms with Crippen LogP contribution >= 0.6 is 0 Å². The molecule has 0 radical (unpaired) electrons. The molecule has 2 aromatic rings. The lowest BCUT2D eigenvalue weighted by Crippen LogP contribution is -2.18. The largest absolute Gasteiger partial charge is 0.456 e. The van der Waals surface area contributed by atoms with E-state index in [1.807, 2.05) is 18.2 Å². The SMILES string of the molecule is CNC(=O)c1ccc(N)cc1Oc1cccc(C(C)C)c1. The third kappa shape index (κ3) is 3.54. The molecule has 2 rings (SSSR count). The highest BCUT2D eigenvalue weighted by atomic mass is 16.5. The molecule has 0 aliphatic rings. The van der Waals surface area contributed by atoms with Crippen LogP contribution in [0.2, 0.25) is 0 Å². The van der Waals surface area contributed by atoms with Gasteiger partial charge in [0.2, 0.25) is 0 Å². The summed E-state index contributed by atoms with van der Waals surface area (Å²) in [7, 11) is 1.59. The fourth-order valence-corrected chi connectivity index (χ4v) is 2.01. The summed E-state index contributed by atoms with van der Waals surface area (Å²) >= 11 is 0. The molecule has 4 heteroatoms. The normalized spacial score (nSPS) is 10.5. The van der Waals surface area contributed by atoms with Crippen molar-refractivity contribution in [3.63, 3.8) is 0 Å². The van der Waals surface area contributed by atoms with Crippen LogP contribution in [0, 0.1) is 0 Å². The van der Waals surface area contributed by atoms with E-state index in [-0.39, 0.29) is 5.91 Å². The Morgan fingerprint density at radius 2 is 1.95 bits per heavy atom. The van der Waals surface area contributed by atoms with Gasteiger partial charge in [0.1, 0.15) is 11.5 Å². The summed E-state index contributed by atoms with van der Waals surface area (Å²) in [5, 5.41) is 2.60. The number of hydrogen-bond donors (Lipinski definition) is 2. The fraction of sp³-hybridized carbons (Fsp3) is 0.235. The van der Waals surface area contributed by atoms with Gasteiger partial charge in [-0.05, 0) is 35.7 Å². The lowest BCUT2D eigenvalue weighted by atomic mass is 10.0. The Kier molecular flexibility index (Phi) is 4.48. The minimum Gasteiger partial charge on any atom is -0.456 e. The quantitative estimate of drug-likeness (QED) is 0.844. The topological polar surface area (TPSA) is 64.4 Å². The van der Waals surface area contributed by atoms with Crippen LogP contribution in [0.5, 0.6) is 11.5 Å². The van der Waals surface area contributed by atoms with Crippen LogP contribution in [0.1, 0.15) is 35.7 Å². The van der Waals surface area contributed by atoms with E-state index >= 15 is 0 Å². The maximum Gasteiger partial charge on any atom is 0.254 e. The molecular formula is C17H20N2O2. The van der Waals surface area contributed by atoms with Crippen molar-refractivity contribution in [3.8, 4) is 11.5 Å². The van der Waals surface area contributed by atoms with E-state index in [1.165, 1.54) is 5.56 Å². The molecule has 0 bridgehead atoms. The van der Waals surface area contributed by atoms with Gasteiger partial charge < -0.3 is 15.8 Å². The van der Waals surface area contributed by atoms with E-state index in [0.717, 1.165) is 0 Å². The molecule has 4 nitrogen and oxygen atoms in total. The zero-order valence-corrected chi connectivity index (χ0v) is 12.5. The van der Waals surface area contributed by atoms with Crippen molar-refractivity contribution in [2.75, 3.05) is 12.8 Å². The van der Waals surface area contributed by atoms with Crippen LogP contribution in [0.3, 0.4) is 0 Å². The van der Waals surface area contributed by atoms with Crippen molar-refractivity contribution in [1.29, 1.82) is 0 Å². The molecule has 0 spiro atoms. The van der Waals surface area contributed by atoms with Crippen LogP contribution in [-0.4, -0.2) is 13.0 Å². The predicted octanol–water partition coefficient (Wildman–Crippen LogP) is 3.54. The molecule has 3 N–H and O–H groups in total. The van der Waals surface area contributed by atoms with E-state index in [2.05, 4.69) is 25.2 Å². The van der Waals surface area contributed by atoms with E-state index in [0.29, 0.717) is 28.7 Å². The molecule has 0 fully saturated rings. The Hall–Kier alpha value is -2.49. The molecule has 0 saturated carbocycles. The summed E-state index contributed by atoms with van der Waals surface area (Å²) in [4.78, 5) is 11.9. The molecule has 0 aromatic heterocycles. The predicted molar refractivity (Wildman–Crippen MR) is 84.8 cm³/mol. The van der Waals surface area contributed by atoms with E-state index < -0.39 is 0 Å². The highest BCUT2D eigenvalue weighted by Gasteiger charge is 2.13. The van der Waals surface area contributed by atoms with Crippen molar-refractivity contribution in [1.82, 2.24) is 5.32 Å². The molecule has 2 aromatic carbocycles. The molecule has 0 aliphatic carbocycles. The molecule has 110 valence electrons. The molecule has 1 amide bonds. The standard InChI is InChI=1S/C17H20N2O2/c1-11(2)12-5-4-6-14(9-12)21-16-10-13(18)7-8-15(16)17(20)19-3/h4-11H,18H2,1-3H3,(H,19,20). The van der Waals surface area contributed by atoms with Crippen LogP contribution in [0.15, 0.2) is 42.5 Å². The van der Waals surface area contributed by atoms with Gasteiger partial charge in [-0.1, -0.05) is 26.0 Å². The third-order valence-corrected chi connectivity index (χ3v) is 3.23. The second kappa shape index (κ2) is 6.31. The number of nitrogen functional groups attached to an aromatic ring is 1. The Bertz CT molecular complexity index is 651. The second-order valence-electron chi connectivity index (χ2n) is 5.16. The number of nitrogens with two attached hydrogens (primary N) is 1. The zero-order chi connectivity index (χ0) is 15.4. The first-order chi connectivity index (χ1) is 10.0. The molecule has 0 heterocycles. The number of nitrogens with one attached hydrogen (secondary N) is 1. The number of benzene rings is 2. The number of rotatable bonds is 4. The minimum atomic E-state index is -0.204. The van der Waals surface area contributed by atoms with Gasteiger partial charge in [0.05, 0.1) is 5.56 Å². The van der Waals surface area contributed by atoms with Gasteiger partial charge in [0, 0.05) is 18.8 Å². The van der Waals surface area contributed by atoms with Crippen molar-refractivity contribution in [3.05, 3.63) is 53.6 Å². The molecule has 0 aliphatic heterocycles. The summed E-state index contributed by atoms with van der Waals surface area (Å²) in [5.41, 5.74) is 7.98. The monoisotopic (exact) mass is 284 g/mol. The minimum absolute atomic E-state index is 0.204. The number of carbonyl (C=O) groups excluding carboxylic acids is 1. The molecule has 0 saturated heterocycles. The first kappa shape index (κ1) is 14.9. The van der Waals surface area contributed by atoms with Gasteiger partial charge in [0.15, 0.2) is 0 Å². The van der Waals surface area contributed by atoms with E-state index in [4.69, 9.17) is 10.5 Å². The number of ether oxygens (including phenoxy) is 1. The maximum atomic E-state index is 11.9. The summed E-state index contributed by atoms with van der Waals surface area (Å²) in [6.45, 7) is 4.24. The van der Waals surface area contributed by atoms with Crippen molar-refractivity contribution in [2.24, 2.45) is 0 Å². The molecular weight excluding hydrogens is 264 g/mol. The fourth-order valence-electron chi connectivity index (χ4n) is 2.01. The van der Waals surface area contributed by atoms with Gasteiger partial charge >= 0.3 is 0 Å². The van der Waals surface area contributed by atoms with Gasteiger partial charge in [0.25, 0.3) is 5.91 Å². The molecule has 0 atom stereocenters. The lowest BCUT2D eigenvalue weighted by Gasteiger charge is -2.13. The van der Waals surface area contributed by atoms with Gasteiger partial charge in [-0.25, -0.2) is 0 Å². The summed E-state index contributed by atoms with van der Waals surface area (Å²) < 4.78 is 5.86. The van der Waals surface area contributed by atoms with Crippen molar-refractivity contribution < 1.29 is 9.53 Å². The number of anilines is 1. The summed E-state index contributed by atoms with van der Waals surface area (Å²) in [6.07, 6.45) is 0. The van der Waals surface area contributed by atoms with Crippen LogP contribution in [-0.2, 0) is 0 Å². The highest BCUT2D eigenvalue weighted by Crippen LogP contribution is 2.29. The number of amides is 1. The lowest BCUT2D eigenvalue weighted by molar-refractivity contribution is 0.0961. The molecule has 0 unspecified atom stereocenters. The highest BCUT2D eigenvalue weighted by molar-refractivity contribution is 5.97. The number of carbonyl (C=O) groups is 1. The van der Waals surface area contributed by atoms with Crippen LogP contribution < -0.4 is 15.8 Å². The molecule has 21 heavy (non-hydrogen) atoms. The Labute approximate surface area is 124 Å². The van der Waals surface area contributed by atoms with Gasteiger partial charge in [-0.2, -0.15) is 0 Å². The van der Waals surface area contributed by atoms with Crippen LogP contribution in [0.4, 0.5) is 5.69 Å². The van der Waals surface area contributed by atoms with Crippen molar-refractivity contribution in [2.45, 2.75) is 19.8 Å². The third-order valence-electron chi connectivity index (χ3n) is 3.23.